The topological polar surface area (TPSA) is 28.2 Å². The predicted octanol–water partition coefficient (Wildman–Crippen LogP) is 1.20. The average molecular weight is 201 g/mol. The molecule has 1 N–H and O–H groups in total. The van der Waals surface area contributed by atoms with Crippen LogP contribution in [-0.4, -0.2) is 30.7 Å². The molecule has 0 spiro atoms. The number of aromatic nitrogens is 1. The van der Waals surface area contributed by atoms with Gasteiger partial charge in [0.05, 0.1) is 6.04 Å². The summed E-state index contributed by atoms with van der Waals surface area (Å²) in [6.45, 7) is 5.23. The Hall–Kier alpha value is -1.35. The predicted molar refractivity (Wildman–Crippen MR) is 62.0 cm³/mol. The Bertz CT molecular complexity index is 411. The number of pyridine rings is 1. The van der Waals surface area contributed by atoms with Crippen molar-refractivity contribution in [2.24, 2.45) is 0 Å². The molecule has 2 aliphatic heterocycles. The van der Waals surface area contributed by atoms with Gasteiger partial charge < -0.3 is 10.2 Å². The Labute approximate surface area is 89.8 Å². The van der Waals surface area contributed by atoms with Gasteiger partial charge in [-0.25, -0.2) is 4.98 Å². The van der Waals surface area contributed by atoms with Crippen LogP contribution in [0.1, 0.15) is 11.1 Å². The van der Waals surface area contributed by atoms with Gasteiger partial charge in [-0.05, 0) is 18.6 Å². The maximum atomic E-state index is 4.55. The number of nitrogens with one attached hydrogen (secondary N) is 1. The first-order valence-electron chi connectivity index (χ1n) is 5.47. The lowest BCUT2D eigenvalue weighted by molar-refractivity contribution is 0.523. The second-order valence-electron chi connectivity index (χ2n) is 4.25. The number of fused-ring (bicyclic) bond motifs is 3. The highest BCUT2D eigenvalue weighted by Crippen LogP contribution is 2.27. The van der Waals surface area contributed by atoms with Crippen LogP contribution in [0.15, 0.2) is 18.3 Å². The average Bonchev–Trinajstić information content (AvgIpc) is 2.28. The lowest BCUT2D eigenvalue weighted by Gasteiger charge is -2.38. The second-order valence-corrected chi connectivity index (χ2v) is 4.25. The summed E-state index contributed by atoms with van der Waals surface area (Å²) in [4.78, 5) is 6.94. The summed E-state index contributed by atoms with van der Waals surface area (Å²) in [5.74, 6) is 1.15. The lowest BCUT2D eigenvalue weighted by Crippen LogP contribution is -2.51. The van der Waals surface area contributed by atoms with Gasteiger partial charge >= 0.3 is 0 Å². The van der Waals surface area contributed by atoms with E-state index in [1.54, 1.807) is 0 Å². The third kappa shape index (κ3) is 1.43. The molecule has 3 heterocycles. The van der Waals surface area contributed by atoms with Crippen molar-refractivity contribution in [3.8, 4) is 0 Å². The van der Waals surface area contributed by atoms with Gasteiger partial charge in [0.1, 0.15) is 5.82 Å². The summed E-state index contributed by atoms with van der Waals surface area (Å²) >= 11 is 0. The van der Waals surface area contributed by atoms with Crippen LogP contribution in [0, 0.1) is 6.92 Å². The van der Waals surface area contributed by atoms with E-state index in [9.17, 15) is 0 Å². The first-order valence-corrected chi connectivity index (χ1v) is 5.47. The highest BCUT2D eigenvalue weighted by atomic mass is 15.3. The van der Waals surface area contributed by atoms with Gasteiger partial charge in [0.15, 0.2) is 0 Å². The molecule has 0 saturated carbocycles. The van der Waals surface area contributed by atoms with Crippen LogP contribution in [0.25, 0.3) is 6.08 Å². The van der Waals surface area contributed by atoms with Crippen molar-refractivity contribution in [2.45, 2.75) is 13.0 Å². The van der Waals surface area contributed by atoms with Crippen molar-refractivity contribution in [3.05, 3.63) is 29.5 Å². The molecule has 3 nitrogen and oxygen atoms in total. The molecule has 1 aromatic rings. The largest absolute Gasteiger partial charge is 0.347 e. The smallest absolute Gasteiger partial charge is 0.136 e. The molecule has 0 radical (unpaired) electrons. The van der Waals surface area contributed by atoms with Gasteiger partial charge in [0.2, 0.25) is 0 Å². The monoisotopic (exact) mass is 201 g/mol. The summed E-state index contributed by atoms with van der Waals surface area (Å²) in [5, 5.41) is 3.41. The molecule has 15 heavy (non-hydrogen) atoms. The molecule has 0 aromatic carbocycles. The van der Waals surface area contributed by atoms with Crippen molar-refractivity contribution in [3.63, 3.8) is 0 Å². The zero-order valence-electron chi connectivity index (χ0n) is 8.90. The number of rotatable bonds is 0. The number of anilines is 1. The van der Waals surface area contributed by atoms with Gasteiger partial charge in [-0.2, -0.15) is 0 Å². The van der Waals surface area contributed by atoms with E-state index in [2.05, 4.69) is 40.3 Å². The molecule has 1 aromatic heterocycles. The molecule has 0 aliphatic carbocycles. The Balaban J connectivity index is 2.05. The second kappa shape index (κ2) is 3.35. The maximum absolute atomic E-state index is 4.55. The summed E-state index contributed by atoms with van der Waals surface area (Å²) in [6, 6.07) is 2.69. The summed E-state index contributed by atoms with van der Waals surface area (Å²) < 4.78 is 0. The molecule has 0 bridgehead atoms. The molecular weight excluding hydrogens is 186 g/mol. The van der Waals surface area contributed by atoms with E-state index in [-0.39, 0.29) is 0 Å². The van der Waals surface area contributed by atoms with E-state index < -0.39 is 0 Å². The van der Waals surface area contributed by atoms with E-state index in [0.29, 0.717) is 6.04 Å². The van der Waals surface area contributed by atoms with Crippen LogP contribution in [0.5, 0.6) is 0 Å². The molecule has 78 valence electrons. The minimum atomic E-state index is 0.487. The standard InChI is InChI=1S/C12H15N3/c1-9-6-10-2-3-11-8-13-4-5-15(11)12(10)14-7-9/h2-3,6-7,11,13H,4-5,8H2,1H3. The van der Waals surface area contributed by atoms with Crippen molar-refractivity contribution in [1.29, 1.82) is 0 Å². The molecule has 2 aliphatic rings. The van der Waals surface area contributed by atoms with Gasteiger partial charge in [0, 0.05) is 31.4 Å². The molecule has 1 saturated heterocycles. The Morgan fingerprint density at radius 2 is 2.47 bits per heavy atom. The SMILES string of the molecule is Cc1cnc2c(c1)C=CC1CNCCN21. The molecule has 3 rings (SSSR count). The van der Waals surface area contributed by atoms with Gasteiger partial charge in [0.25, 0.3) is 0 Å². The summed E-state index contributed by atoms with van der Waals surface area (Å²) in [6.07, 6.45) is 6.43. The Morgan fingerprint density at radius 1 is 1.53 bits per heavy atom. The van der Waals surface area contributed by atoms with Crippen LogP contribution in [0.3, 0.4) is 0 Å². The minimum Gasteiger partial charge on any atom is -0.347 e. The van der Waals surface area contributed by atoms with Crippen LogP contribution in [0.4, 0.5) is 5.82 Å². The van der Waals surface area contributed by atoms with Crippen molar-refractivity contribution >= 4 is 11.9 Å². The fourth-order valence-electron chi connectivity index (χ4n) is 2.32. The first kappa shape index (κ1) is 8.92. The Kier molecular flexibility index (Phi) is 1.99. The maximum Gasteiger partial charge on any atom is 0.136 e. The number of hydrogen-bond acceptors (Lipinski definition) is 3. The molecule has 1 atom stereocenters. The third-order valence-corrected chi connectivity index (χ3v) is 3.09. The summed E-state index contributed by atoms with van der Waals surface area (Å²) in [5.41, 5.74) is 2.49. The van der Waals surface area contributed by atoms with E-state index >= 15 is 0 Å². The van der Waals surface area contributed by atoms with Crippen molar-refractivity contribution in [2.75, 3.05) is 24.5 Å². The van der Waals surface area contributed by atoms with E-state index in [0.717, 1.165) is 25.5 Å². The van der Waals surface area contributed by atoms with Crippen LogP contribution in [-0.2, 0) is 0 Å². The normalized spacial score (nSPS) is 23.5. The third-order valence-electron chi connectivity index (χ3n) is 3.09. The van der Waals surface area contributed by atoms with Gasteiger partial charge in [-0.3, -0.25) is 0 Å². The fourth-order valence-corrected chi connectivity index (χ4v) is 2.32. The number of piperazine rings is 1. The van der Waals surface area contributed by atoms with Crippen molar-refractivity contribution < 1.29 is 0 Å². The van der Waals surface area contributed by atoms with Gasteiger partial charge in [-0.1, -0.05) is 12.2 Å². The first-order chi connectivity index (χ1) is 7.34. The number of hydrogen-bond donors (Lipinski definition) is 1. The van der Waals surface area contributed by atoms with Crippen LogP contribution < -0.4 is 10.2 Å². The van der Waals surface area contributed by atoms with E-state index in [1.807, 2.05) is 6.20 Å². The Morgan fingerprint density at radius 3 is 3.40 bits per heavy atom. The molecule has 3 heteroatoms. The fraction of sp³-hybridized carbons (Fsp3) is 0.417. The van der Waals surface area contributed by atoms with E-state index in [1.165, 1.54) is 11.1 Å². The number of aryl methyl sites for hydroxylation is 1. The van der Waals surface area contributed by atoms with Crippen molar-refractivity contribution in [1.82, 2.24) is 10.3 Å². The lowest BCUT2D eigenvalue weighted by atomic mass is 10.0. The van der Waals surface area contributed by atoms with Crippen LogP contribution >= 0.6 is 0 Å². The van der Waals surface area contributed by atoms with E-state index in [4.69, 9.17) is 0 Å². The molecule has 1 fully saturated rings. The minimum absolute atomic E-state index is 0.487. The zero-order chi connectivity index (χ0) is 10.3. The number of nitrogens with zero attached hydrogens (tertiary/aromatic N) is 2. The zero-order valence-corrected chi connectivity index (χ0v) is 8.90. The molecule has 0 amide bonds. The molecular formula is C12H15N3. The molecule has 1 unspecified atom stereocenters. The summed E-state index contributed by atoms with van der Waals surface area (Å²) in [7, 11) is 0. The quantitative estimate of drug-likeness (QED) is 0.683. The highest BCUT2D eigenvalue weighted by Gasteiger charge is 2.25. The van der Waals surface area contributed by atoms with Gasteiger partial charge in [-0.15, -0.1) is 0 Å². The van der Waals surface area contributed by atoms with Crippen LogP contribution in [0.2, 0.25) is 0 Å². The highest BCUT2D eigenvalue weighted by molar-refractivity contribution is 5.69.